The molecule has 8 heteroatoms. The summed E-state index contributed by atoms with van der Waals surface area (Å²) in [5.74, 6) is -0.463. The second-order valence-electron chi connectivity index (χ2n) is 5.81. The number of carbonyl (C=O) groups excluding carboxylic acids is 2. The van der Waals surface area contributed by atoms with Crippen molar-refractivity contribution in [1.82, 2.24) is 4.90 Å². The number of hydrogen-bond acceptors (Lipinski definition) is 3. The van der Waals surface area contributed by atoms with Crippen LogP contribution in [0.15, 0.2) is 24.3 Å². The lowest BCUT2D eigenvalue weighted by Crippen LogP contribution is -2.41. The first-order valence-corrected chi connectivity index (χ1v) is 7.62. The number of carbonyl (C=O) groups is 2. The SMILES string of the molecule is NC(=O)CC1CCN(C(=O)COc2cccc(C(F)(F)F)c2)CC1. The lowest BCUT2D eigenvalue weighted by Gasteiger charge is -2.31. The number of piperidine rings is 1. The third-order valence-electron chi connectivity index (χ3n) is 3.98. The third-order valence-corrected chi connectivity index (χ3v) is 3.98. The molecule has 0 unspecified atom stereocenters. The number of likely N-dealkylation sites (tertiary alicyclic amines) is 1. The van der Waals surface area contributed by atoms with Gasteiger partial charge in [0.25, 0.3) is 5.91 Å². The number of amides is 2. The van der Waals surface area contributed by atoms with Crippen LogP contribution in [0.25, 0.3) is 0 Å². The van der Waals surface area contributed by atoms with Crippen LogP contribution in [-0.4, -0.2) is 36.4 Å². The van der Waals surface area contributed by atoms with E-state index in [0.29, 0.717) is 32.4 Å². The van der Waals surface area contributed by atoms with Crippen LogP contribution in [0.3, 0.4) is 0 Å². The van der Waals surface area contributed by atoms with Gasteiger partial charge in [0, 0.05) is 19.5 Å². The van der Waals surface area contributed by atoms with Gasteiger partial charge in [0.15, 0.2) is 6.61 Å². The van der Waals surface area contributed by atoms with Gasteiger partial charge in [-0.2, -0.15) is 13.2 Å². The van der Waals surface area contributed by atoms with Crippen molar-refractivity contribution < 1.29 is 27.5 Å². The maximum atomic E-state index is 12.6. The molecule has 1 aromatic rings. The third kappa shape index (κ3) is 5.14. The van der Waals surface area contributed by atoms with E-state index < -0.39 is 11.7 Å². The summed E-state index contributed by atoms with van der Waals surface area (Å²) in [4.78, 5) is 24.5. The standard InChI is InChI=1S/C16H19F3N2O3/c17-16(18,19)12-2-1-3-13(9-12)24-10-15(23)21-6-4-11(5-7-21)8-14(20)22/h1-3,9,11H,4-8,10H2,(H2,20,22). The van der Waals surface area contributed by atoms with Gasteiger partial charge >= 0.3 is 6.18 Å². The van der Waals surface area contributed by atoms with E-state index in [0.717, 1.165) is 12.1 Å². The first-order chi connectivity index (χ1) is 11.3. The van der Waals surface area contributed by atoms with Crippen molar-refractivity contribution in [1.29, 1.82) is 0 Å². The highest BCUT2D eigenvalue weighted by molar-refractivity contribution is 5.78. The number of primary amides is 1. The van der Waals surface area contributed by atoms with E-state index in [4.69, 9.17) is 10.5 Å². The second kappa shape index (κ2) is 7.55. The Morgan fingerprint density at radius 2 is 1.92 bits per heavy atom. The summed E-state index contributed by atoms with van der Waals surface area (Å²) in [6.45, 7) is 0.660. The highest BCUT2D eigenvalue weighted by atomic mass is 19.4. The Kier molecular flexibility index (Phi) is 5.69. The van der Waals surface area contributed by atoms with Gasteiger partial charge in [-0.1, -0.05) is 6.07 Å². The van der Waals surface area contributed by atoms with Gasteiger partial charge in [0.1, 0.15) is 5.75 Å². The van der Waals surface area contributed by atoms with Gasteiger partial charge in [-0.25, -0.2) is 0 Å². The van der Waals surface area contributed by atoms with Crippen LogP contribution < -0.4 is 10.5 Å². The summed E-state index contributed by atoms with van der Waals surface area (Å²) >= 11 is 0. The minimum absolute atomic E-state index is 0.00166. The molecule has 0 radical (unpaired) electrons. The van der Waals surface area contributed by atoms with E-state index in [-0.39, 0.29) is 30.1 Å². The monoisotopic (exact) mass is 344 g/mol. The number of ether oxygens (including phenoxy) is 1. The van der Waals surface area contributed by atoms with Crippen LogP contribution in [0.4, 0.5) is 13.2 Å². The number of nitrogens with two attached hydrogens (primary N) is 1. The average molecular weight is 344 g/mol. The average Bonchev–Trinajstić information content (AvgIpc) is 2.52. The van der Waals surface area contributed by atoms with Gasteiger partial charge < -0.3 is 15.4 Å². The molecule has 24 heavy (non-hydrogen) atoms. The van der Waals surface area contributed by atoms with E-state index in [1.165, 1.54) is 12.1 Å². The van der Waals surface area contributed by atoms with Crippen molar-refractivity contribution >= 4 is 11.8 Å². The van der Waals surface area contributed by atoms with Crippen molar-refractivity contribution in [3.8, 4) is 5.75 Å². The fourth-order valence-corrected chi connectivity index (χ4v) is 2.67. The predicted octanol–water partition coefficient (Wildman–Crippen LogP) is 2.20. The molecule has 0 bridgehead atoms. The molecular formula is C16H19F3N2O3. The molecule has 0 spiro atoms. The molecule has 5 nitrogen and oxygen atoms in total. The lowest BCUT2D eigenvalue weighted by atomic mass is 9.93. The molecule has 2 rings (SSSR count). The minimum Gasteiger partial charge on any atom is -0.484 e. The molecule has 1 heterocycles. The van der Waals surface area contributed by atoms with Crippen LogP contribution in [-0.2, 0) is 15.8 Å². The van der Waals surface area contributed by atoms with E-state index in [1.54, 1.807) is 4.90 Å². The van der Waals surface area contributed by atoms with Crippen molar-refractivity contribution in [2.75, 3.05) is 19.7 Å². The zero-order chi connectivity index (χ0) is 17.7. The van der Waals surface area contributed by atoms with E-state index in [2.05, 4.69) is 0 Å². The highest BCUT2D eigenvalue weighted by Gasteiger charge is 2.30. The summed E-state index contributed by atoms with van der Waals surface area (Å²) in [5.41, 5.74) is 4.33. The maximum absolute atomic E-state index is 12.6. The van der Waals surface area contributed by atoms with Crippen LogP contribution >= 0.6 is 0 Å². The van der Waals surface area contributed by atoms with Crippen LogP contribution in [0, 0.1) is 5.92 Å². The molecule has 1 saturated heterocycles. The molecule has 1 aliphatic heterocycles. The van der Waals surface area contributed by atoms with Gasteiger partial charge in [-0.15, -0.1) is 0 Å². The molecule has 1 aromatic carbocycles. The number of hydrogen-bond donors (Lipinski definition) is 1. The number of nitrogens with zero attached hydrogens (tertiary/aromatic N) is 1. The molecule has 0 atom stereocenters. The topological polar surface area (TPSA) is 72.6 Å². The zero-order valence-corrected chi connectivity index (χ0v) is 13.0. The van der Waals surface area contributed by atoms with Gasteiger partial charge in [-0.05, 0) is 37.0 Å². The molecule has 0 saturated carbocycles. The molecule has 2 N–H and O–H groups in total. The Bertz CT molecular complexity index is 596. The molecule has 0 aliphatic carbocycles. The smallest absolute Gasteiger partial charge is 0.416 e. The lowest BCUT2D eigenvalue weighted by molar-refractivity contribution is -0.137. The predicted molar refractivity (Wildman–Crippen MR) is 80.1 cm³/mol. The molecule has 132 valence electrons. The minimum atomic E-state index is -4.45. The Morgan fingerprint density at radius 3 is 2.50 bits per heavy atom. The van der Waals surface area contributed by atoms with Gasteiger partial charge in [0.05, 0.1) is 5.56 Å². The maximum Gasteiger partial charge on any atom is 0.416 e. The number of rotatable bonds is 5. The Labute approximate surface area is 137 Å². The fourth-order valence-electron chi connectivity index (χ4n) is 2.67. The number of halogens is 3. The largest absolute Gasteiger partial charge is 0.484 e. The molecule has 1 fully saturated rings. The molecular weight excluding hydrogens is 325 g/mol. The summed E-state index contributed by atoms with van der Waals surface area (Å²) in [7, 11) is 0. The first-order valence-electron chi connectivity index (χ1n) is 7.62. The molecule has 1 aliphatic rings. The van der Waals surface area contributed by atoms with E-state index in [9.17, 15) is 22.8 Å². The zero-order valence-electron chi connectivity index (χ0n) is 13.0. The van der Waals surface area contributed by atoms with Crippen LogP contribution in [0.1, 0.15) is 24.8 Å². The van der Waals surface area contributed by atoms with E-state index in [1.807, 2.05) is 0 Å². The van der Waals surface area contributed by atoms with E-state index >= 15 is 0 Å². The van der Waals surface area contributed by atoms with Crippen molar-refractivity contribution in [2.24, 2.45) is 11.7 Å². The van der Waals surface area contributed by atoms with Crippen molar-refractivity contribution in [2.45, 2.75) is 25.4 Å². The van der Waals surface area contributed by atoms with Crippen LogP contribution in [0.5, 0.6) is 5.75 Å². The first kappa shape index (κ1) is 18.1. The summed E-state index contributed by atoms with van der Waals surface area (Å²) in [6, 6.07) is 4.42. The van der Waals surface area contributed by atoms with Gasteiger partial charge in [-0.3, -0.25) is 9.59 Å². The summed E-state index contributed by atoms with van der Waals surface area (Å²) < 4.78 is 43.0. The highest BCUT2D eigenvalue weighted by Crippen LogP contribution is 2.31. The normalized spacial score (nSPS) is 16.0. The van der Waals surface area contributed by atoms with Crippen molar-refractivity contribution in [3.63, 3.8) is 0 Å². The Hall–Kier alpha value is -2.25. The Balaban J connectivity index is 1.83. The summed E-state index contributed by atoms with van der Waals surface area (Å²) in [5, 5.41) is 0. The van der Waals surface area contributed by atoms with Crippen molar-refractivity contribution in [3.05, 3.63) is 29.8 Å². The number of alkyl halides is 3. The second-order valence-corrected chi connectivity index (χ2v) is 5.81. The number of benzene rings is 1. The summed E-state index contributed by atoms with van der Waals surface area (Å²) in [6.07, 6.45) is -2.79. The van der Waals surface area contributed by atoms with Gasteiger partial charge in [0.2, 0.25) is 5.91 Å². The fraction of sp³-hybridized carbons (Fsp3) is 0.500. The van der Waals surface area contributed by atoms with Crippen LogP contribution in [0.2, 0.25) is 0 Å². The molecule has 0 aromatic heterocycles. The quantitative estimate of drug-likeness (QED) is 0.890. The Morgan fingerprint density at radius 1 is 1.25 bits per heavy atom. The molecule has 2 amide bonds.